The molecule has 0 bridgehead atoms. The van der Waals surface area contributed by atoms with Crippen molar-refractivity contribution in [3.63, 3.8) is 0 Å². The number of nitrogens with two attached hydrogens (primary N) is 1. The Morgan fingerprint density at radius 1 is 1.15 bits per heavy atom. The fraction of sp³-hybridized carbons (Fsp3) is 0.235. The summed E-state index contributed by atoms with van der Waals surface area (Å²) < 4.78 is 0. The smallest absolute Gasteiger partial charge is 0.101 e. The molecule has 20 heavy (non-hydrogen) atoms. The van der Waals surface area contributed by atoms with Gasteiger partial charge in [0.25, 0.3) is 0 Å². The number of hydrogen-bond donors (Lipinski definition) is 1. The average molecular weight is 265 g/mol. The van der Waals surface area contributed by atoms with Crippen LogP contribution in [-0.2, 0) is 6.54 Å². The molecule has 3 heteroatoms. The summed E-state index contributed by atoms with van der Waals surface area (Å²) in [7, 11) is 0. The lowest BCUT2D eigenvalue weighted by Crippen LogP contribution is -2.30. The van der Waals surface area contributed by atoms with Crippen LogP contribution in [0.25, 0.3) is 0 Å². The molecule has 2 aromatic rings. The highest BCUT2D eigenvalue weighted by molar-refractivity contribution is 5.64. The van der Waals surface area contributed by atoms with E-state index in [-0.39, 0.29) is 0 Å². The van der Waals surface area contributed by atoms with Crippen molar-refractivity contribution in [1.82, 2.24) is 0 Å². The van der Waals surface area contributed by atoms with E-state index in [0.717, 1.165) is 12.2 Å². The van der Waals surface area contributed by atoms with Crippen molar-refractivity contribution < 1.29 is 0 Å². The summed E-state index contributed by atoms with van der Waals surface area (Å²) in [6, 6.07) is 18.3. The summed E-state index contributed by atoms with van der Waals surface area (Å²) in [5.74, 6) is 0. The summed E-state index contributed by atoms with van der Waals surface area (Å²) in [5, 5.41) is 9.31. The first-order valence-corrected chi connectivity index (χ1v) is 6.72. The predicted octanol–water partition coefficient (Wildman–Crippen LogP) is 3.56. The SMILES string of the molecule is CC(C)N(Cc1ccccc1)c1ccc(N)cc1C#N. The lowest BCUT2D eigenvalue weighted by atomic mass is 10.1. The Bertz CT molecular complexity index is 612. The third kappa shape index (κ3) is 3.10. The van der Waals surface area contributed by atoms with Crippen LogP contribution in [0.1, 0.15) is 25.0 Å². The number of nitrogen functional groups attached to an aromatic ring is 1. The third-order valence-electron chi connectivity index (χ3n) is 3.27. The van der Waals surface area contributed by atoms with Gasteiger partial charge in [0.2, 0.25) is 0 Å². The van der Waals surface area contributed by atoms with Crippen molar-refractivity contribution >= 4 is 11.4 Å². The van der Waals surface area contributed by atoms with Crippen LogP contribution in [0, 0.1) is 11.3 Å². The van der Waals surface area contributed by atoms with E-state index in [2.05, 4.69) is 36.9 Å². The fourth-order valence-electron chi connectivity index (χ4n) is 2.22. The molecule has 2 rings (SSSR count). The van der Waals surface area contributed by atoms with Crippen molar-refractivity contribution in [3.8, 4) is 6.07 Å². The van der Waals surface area contributed by atoms with Crippen LogP contribution in [0.5, 0.6) is 0 Å². The maximum absolute atomic E-state index is 9.31. The molecule has 2 aromatic carbocycles. The monoisotopic (exact) mass is 265 g/mol. The number of nitriles is 1. The molecule has 0 heterocycles. The van der Waals surface area contributed by atoms with E-state index in [4.69, 9.17) is 5.73 Å². The second-order valence-corrected chi connectivity index (χ2v) is 5.10. The number of benzene rings is 2. The Kier molecular flexibility index (Phi) is 4.27. The molecule has 0 aliphatic carbocycles. The zero-order chi connectivity index (χ0) is 14.5. The van der Waals surface area contributed by atoms with Crippen LogP contribution < -0.4 is 10.6 Å². The van der Waals surface area contributed by atoms with Gasteiger partial charge in [-0.3, -0.25) is 0 Å². The molecule has 0 saturated carbocycles. The predicted molar refractivity (Wildman–Crippen MR) is 83.3 cm³/mol. The Labute approximate surface area is 120 Å². The minimum Gasteiger partial charge on any atom is -0.399 e. The van der Waals surface area contributed by atoms with Gasteiger partial charge in [-0.25, -0.2) is 0 Å². The first-order valence-electron chi connectivity index (χ1n) is 6.72. The van der Waals surface area contributed by atoms with Crippen LogP contribution in [0.2, 0.25) is 0 Å². The summed E-state index contributed by atoms with van der Waals surface area (Å²) in [4.78, 5) is 2.22. The molecule has 0 atom stereocenters. The summed E-state index contributed by atoms with van der Waals surface area (Å²) >= 11 is 0. The quantitative estimate of drug-likeness (QED) is 0.860. The van der Waals surface area contributed by atoms with E-state index in [1.807, 2.05) is 30.3 Å². The minimum atomic E-state index is 0.297. The molecule has 0 aliphatic heterocycles. The maximum Gasteiger partial charge on any atom is 0.101 e. The van der Waals surface area contributed by atoms with E-state index < -0.39 is 0 Å². The number of nitrogens with zero attached hydrogens (tertiary/aromatic N) is 2. The van der Waals surface area contributed by atoms with E-state index in [1.54, 1.807) is 6.07 Å². The molecular weight excluding hydrogens is 246 g/mol. The van der Waals surface area contributed by atoms with E-state index >= 15 is 0 Å². The normalized spacial score (nSPS) is 10.3. The Balaban J connectivity index is 2.37. The Morgan fingerprint density at radius 3 is 2.45 bits per heavy atom. The van der Waals surface area contributed by atoms with E-state index in [9.17, 15) is 5.26 Å². The topological polar surface area (TPSA) is 53.0 Å². The molecular formula is C17H19N3. The molecule has 0 aliphatic rings. The molecule has 2 N–H and O–H groups in total. The molecule has 0 amide bonds. The van der Waals surface area contributed by atoms with E-state index in [1.165, 1.54) is 5.56 Å². The highest BCUT2D eigenvalue weighted by Crippen LogP contribution is 2.26. The van der Waals surface area contributed by atoms with Crippen molar-refractivity contribution in [2.75, 3.05) is 10.6 Å². The van der Waals surface area contributed by atoms with Gasteiger partial charge < -0.3 is 10.6 Å². The van der Waals surface area contributed by atoms with Gasteiger partial charge in [0.15, 0.2) is 0 Å². The van der Waals surface area contributed by atoms with Crippen molar-refractivity contribution in [1.29, 1.82) is 5.26 Å². The second-order valence-electron chi connectivity index (χ2n) is 5.10. The van der Waals surface area contributed by atoms with Gasteiger partial charge in [0.1, 0.15) is 6.07 Å². The van der Waals surface area contributed by atoms with Crippen LogP contribution in [0.3, 0.4) is 0 Å². The fourth-order valence-corrected chi connectivity index (χ4v) is 2.22. The summed E-state index contributed by atoms with van der Waals surface area (Å²) in [6.45, 7) is 5.03. The Hall–Kier alpha value is -2.47. The number of rotatable bonds is 4. The van der Waals surface area contributed by atoms with Crippen molar-refractivity contribution in [2.45, 2.75) is 26.4 Å². The molecule has 102 valence electrons. The van der Waals surface area contributed by atoms with Crippen LogP contribution in [0.15, 0.2) is 48.5 Å². The van der Waals surface area contributed by atoms with Crippen LogP contribution in [-0.4, -0.2) is 6.04 Å². The lowest BCUT2D eigenvalue weighted by molar-refractivity contribution is 0.682. The van der Waals surface area contributed by atoms with Gasteiger partial charge in [0, 0.05) is 18.3 Å². The first-order chi connectivity index (χ1) is 9.61. The zero-order valence-electron chi connectivity index (χ0n) is 11.9. The molecule has 0 aromatic heterocycles. The van der Waals surface area contributed by atoms with Gasteiger partial charge in [-0.05, 0) is 37.6 Å². The first kappa shape index (κ1) is 14.0. The minimum absolute atomic E-state index is 0.297. The van der Waals surface area contributed by atoms with Gasteiger partial charge in [-0.15, -0.1) is 0 Å². The molecule has 0 radical (unpaired) electrons. The van der Waals surface area contributed by atoms with Crippen LogP contribution >= 0.6 is 0 Å². The zero-order valence-corrected chi connectivity index (χ0v) is 11.9. The highest BCUT2D eigenvalue weighted by Gasteiger charge is 2.15. The van der Waals surface area contributed by atoms with Crippen LogP contribution in [0.4, 0.5) is 11.4 Å². The average Bonchev–Trinajstić information content (AvgIpc) is 2.46. The highest BCUT2D eigenvalue weighted by atomic mass is 15.2. The van der Waals surface area contributed by atoms with Gasteiger partial charge in [-0.1, -0.05) is 30.3 Å². The molecule has 0 spiro atoms. The summed E-state index contributed by atoms with van der Waals surface area (Å²) in [5.41, 5.74) is 9.16. The second kappa shape index (κ2) is 6.12. The molecule has 3 nitrogen and oxygen atoms in total. The maximum atomic E-state index is 9.31. The Morgan fingerprint density at radius 2 is 1.85 bits per heavy atom. The molecule has 0 unspecified atom stereocenters. The molecule has 0 fully saturated rings. The van der Waals surface area contributed by atoms with Gasteiger partial charge in [0.05, 0.1) is 11.3 Å². The summed E-state index contributed by atoms with van der Waals surface area (Å²) in [6.07, 6.45) is 0. The third-order valence-corrected chi connectivity index (χ3v) is 3.27. The van der Waals surface area contributed by atoms with Gasteiger partial charge in [-0.2, -0.15) is 5.26 Å². The largest absolute Gasteiger partial charge is 0.399 e. The lowest BCUT2D eigenvalue weighted by Gasteiger charge is -2.30. The van der Waals surface area contributed by atoms with Crippen molar-refractivity contribution in [2.24, 2.45) is 0 Å². The standard InChI is InChI=1S/C17H19N3/c1-13(2)20(12-14-6-4-3-5-7-14)17-9-8-16(19)10-15(17)11-18/h3-10,13H,12,19H2,1-2H3. The van der Waals surface area contributed by atoms with Gasteiger partial charge >= 0.3 is 0 Å². The van der Waals surface area contributed by atoms with E-state index in [0.29, 0.717) is 17.3 Å². The van der Waals surface area contributed by atoms with Crippen molar-refractivity contribution in [3.05, 3.63) is 59.7 Å². The number of anilines is 2. The number of hydrogen-bond acceptors (Lipinski definition) is 3. The molecule has 0 saturated heterocycles.